The zero-order chi connectivity index (χ0) is 27.9. The van der Waals surface area contributed by atoms with E-state index in [0.717, 1.165) is 5.56 Å². The number of benzene rings is 1. The maximum absolute atomic E-state index is 13.3. The van der Waals surface area contributed by atoms with Crippen LogP contribution in [0.3, 0.4) is 0 Å². The van der Waals surface area contributed by atoms with E-state index in [9.17, 15) is 14.4 Å². The van der Waals surface area contributed by atoms with Crippen molar-refractivity contribution in [2.45, 2.75) is 39.4 Å². The van der Waals surface area contributed by atoms with Crippen molar-refractivity contribution in [1.82, 2.24) is 40.7 Å². The fraction of sp³-hybridized carbons (Fsp3) is 0.423. The Morgan fingerprint density at radius 3 is 2.62 bits per heavy atom. The highest BCUT2D eigenvalue weighted by Crippen LogP contribution is 2.39. The minimum atomic E-state index is -0.757. The van der Waals surface area contributed by atoms with Crippen LogP contribution >= 0.6 is 0 Å². The first kappa shape index (κ1) is 27.5. The van der Waals surface area contributed by atoms with Gasteiger partial charge in [0.1, 0.15) is 18.9 Å². The Balaban J connectivity index is 1.79. The number of tetrazole rings is 1. The van der Waals surface area contributed by atoms with Gasteiger partial charge in [0.15, 0.2) is 11.5 Å². The molecular formula is C26H32N8O5. The van der Waals surface area contributed by atoms with Gasteiger partial charge in [0, 0.05) is 43.2 Å². The molecule has 13 nitrogen and oxygen atoms in total. The molecule has 0 unspecified atom stereocenters. The number of nitrogens with one attached hydrogen (secondary N) is 2. The minimum absolute atomic E-state index is 0.0703. The van der Waals surface area contributed by atoms with E-state index in [1.165, 1.54) is 31.4 Å². The summed E-state index contributed by atoms with van der Waals surface area (Å²) >= 11 is 0. The van der Waals surface area contributed by atoms with Gasteiger partial charge in [0.2, 0.25) is 11.8 Å². The van der Waals surface area contributed by atoms with Crippen molar-refractivity contribution in [2.24, 2.45) is 5.92 Å². The van der Waals surface area contributed by atoms with Crippen LogP contribution in [0.4, 0.5) is 0 Å². The largest absolute Gasteiger partial charge is 0.493 e. The standard InChI is InChI=1S/C26H32N8O5/c1-16(2)7-21-26(37)28-5-6-33(23(35)14-34-15-29-31-32-34)13-17-8-20(24(39-4)22(9-17)38-3)18-10-19(12-27-11-18)25(36)30-21/h8-12,15-16,21H,5-7,13-14H2,1-4H3,(H,28,37)(H,30,36)/t21-/m1/s1. The zero-order valence-electron chi connectivity index (χ0n) is 22.4. The molecule has 13 heteroatoms. The summed E-state index contributed by atoms with van der Waals surface area (Å²) < 4.78 is 12.6. The fourth-order valence-corrected chi connectivity index (χ4v) is 4.42. The monoisotopic (exact) mass is 536 g/mol. The number of amides is 3. The van der Waals surface area contributed by atoms with Crippen LogP contribution in [0.5, 0.6) is 11.5 Å². The number of fused-ring (bicyclic) bond motifs is 5. The normalized spacial score (nSPS) is 16.1. The van der Waals surface area contributed by atoms with Crippen molar-refractivity contribution in [1.29, 1.82) is 0 Å². The van der Waals surface area contributed by atoms with E-state index < -0.39 is 11.9 Å². The summed E-state index contributed by atoms with van der Waals surface area (Å²) in [5.41, 5.74) is 2.31. The molecule has 0 saturated carbocycles. The lowest BCUT2D eigenvalue weighted by atomic mass is 10.00. The summed E-state index contributed by atoms with van der Waals surface area (Å²) in [4.78, 5) is 45.5. The second-order valence-electron chi connectivity index (χ2n) is 9.61. The van der Waals surface area contributed by atoms with Crippen molar-refractivity contribution in [3.63, 3.8) is 0 Å². The van der Waals surface area contributed by atoms with Gasteiger partial charge in [-0.15, -0.1) is 5.10 Å². The quantitative estimate of drug-likeness (QED) is 0.471. The van der Waals surface area contributed by atoms with E-state index in [1.807, 2.05) is 19.9 Å². The predicted molar refractivity (Wildman–Crippen MR) is 140 cm³/mol. The molecule has 0 saturated heterocycles. The lowest BCUT2D eigenvalue weighted by molar-refractivity contribution is -0.133. The average molecular weight is 537 g/mol. The second kappa shape index (κ2) is 12.3. The molecule has 206 valence electrons. The Morgan fingerprint density at radius 2 is 1.92 bits per heavy atom. The number of aromatic nitrogens is 5. The first-order chi connectivity index (χ1) is 18.8. The van der Waals surface area contributed by atoms with E-state index in [0.29, 0.717) is 34.6 Å². The number of methoxy groups -OCH3 is 2. The summed E-state index contributed by atoms with van der Waals surface area (Å²) in [5.74, 6) is 0.0922. The Bertz CT molecular complexity index is 1330. The van der Waals surface area contributed by atoms with E-state index in [1.54, 1.807) is 23.2 Å². The molecule has 1 aliphatic heterocycles. The molecule has 4 rings (SSSR count). The van der Waals surface area contributed by atoms with Crippen LogP contribution in [0, 0.1) is 5.92 Å². The van der Waals surface area contributed by atoms with Crippen molar-refractivity contribution in [3.05, 3.63) is 48.0 Å². The molecule has 4 bridgehead atoms. The van der Waals surface area contributed by atoms with Gasteiger partial charge in [0.05, 0.1) is 19.8 Å². The number of hydrogen-bond acceptors (Lipinski definition) is 9. The van der Waals surface area contributed by atoms with Crippen LogP contribution in [0.2, 0.25) is 0 Å². The van der Waals surface area contributed by atoms with Crippen LogP contribution in [0.1, 0.15) is 36.2 Å². The Hall–Kier alpha value is -4.55. The Morgan fingerprint density at radius 1 is 1.13 bits per heavy atom. The van der Waals surface area contributed by atoms with Gasteiger partial charge in [-0.1, -0.05) is 13.8 Å². The van der Waals surface area contributed by atoms with Gasteiger partial charge in [-0.3, -0.25) is 19.4 Å². The maximum atomic E-state index is 13.3. The van der Waals surface area contributed by atoms with Gasteiger partial charge < -0.3 is 25.0 Å². The summed E-state index contributed by atoms with van der Waals surface area (Å²) in [6.07, 6.45) is 4.88. The lowest BCUT2D eigenvalue weighted by Crippen LogP contribution is -2.49. The molecule has 2 aromatic heterocycles. The summed E-state index contributed by atoms with van der Waals surface area (Å²) in [5, 5.41) is 16.7. The maximum Gasteiger partial charge on any atom is 0.253 e. The summed E-state index contributed by atoms with van der Waals surface area (Å²) in [6, 6.07) is 4.59. The van der Waals surface area contributed by atoms with Gasteiger partial charge in [-0.25, -0.2) is 4.68 Å². The van der Waals surface area contributed by atoms with Crippen molar-refractivity contribution < 1.29 is 23.9 Å². The number of pyridine rings is 1. The molecule has 1 aliphatic rings. The summed E-state index contributed by atoms with van der Waals surface area (Å²) in [7, 11) is 3.06. The first-order valence-electron chi connectivity index (χ1n) is 12.6. The highest BCUT2D eigenvalue weighted by atomic mass is 16.5. The van der Waals surface area contributed by atoms with Crippen LogP contribution in [-0.4, -0.2) is 81.2 Å². The third-order valence-corrected chi connectivity index (χ3v) is 6.27. The SMILES string of the molecule is COc1cc2cc(c1OC)-c1cncc(c1)C(=O)N[C@H](CC(C)C)C(=O)NCCN(C(=O)Cn1cnnn1)C2. The van der Waals surface area contributed by atoms with Crippen molar-refractivity contribution in [3.8, 4) is 22.6 Å². The molecule has 0 aliphatic carbocycles. The smallest absolute Gasteiger partial charge is 0.253 e. The van der Waals surface area contributed by atoms with Crippen molar-refractivity contribution in [2.75, 3.05) is 27.3 Å². The third kappa shape index (κ3) is 6.67. The van der Waals surface area contributed by atoms with E-state index in [2.05, 4.69) is 31.1 Å². The van der Waals surface area contributed by atoms with Gasteiger partial charge in [-0.2, -0.15) is 0 Å². The van der Waals surface area contributed by atoms with Gasteiger partial charge in [0.25, 0.3) is 5.91 Å². The van der Waals surface area contributed by atoms with E-state index >= 15 is 0 Å². The highest BCUT2D eigenvalue weighted by molar-refractivity contribution is 5.98. The number of nitrogens with zero attached hydrogens (tertiary/aromatic N) is 6. The van der Waals surface area contributed by atoms with Crippen LogP contribution in [0.15, 0.2) is 36.9 Å². The van der Waals surface area contributed by atoms with Crippen LogP contribution in [0.25, 0.3) is 11.1 Å². The predicted octanol–water partition coefficient (Wildman–Crippen LogP) is 1.06. The summed E-state index contributed by atoms with van der Waals surface area (Å²) in [6.45, 7) is 4.49. The topological polar surface area (TPSA) is 153 Å². The third-order valence-electron chi connectivity index (χ3n) is 6.27. The molecular weight excluding hydrogens is 504 g/mol. The number of ether oxygens (including phenoxy) is 2. The molecule has 0 spiro atoms. The number of hydrogen-bond donors (Lipinski definition) is 2. The van der Waals surface area contributed by atoms with E-state index in [4.69, 9.17) is 9.47 Å². The second-order valence-corrected chi connectivity index (χ2v) is 9.61. The fourth-order valence-electron chi connectivity index (χ4n) is 4.42. The number of carbonyl (C=O) groups excluding carboxylic acids is 3. The molecule has 39 heavy (non-hydrogen) atoms. The zero-order valence-corrected chi connectivity index (χ0v) is 22.4. The van der Waals surface area contributed by atoms with Crippen molar-refractivity contribution >= 4 is 17.7 Å². The number of carbonyl (C=O) groups is 3. The molecule has 3 aromatic rings. The van der Waals surface area contributed by atoms with Gasteiger partial charge >= 0.3 is 0 Å². The minimum Gasteiger partial charge on any atom is -0.493 e. The highest BCUT2D eigenvalue weighted by Gasteiger charge is 2.25. The molecule has 0 radical (unpaired) electrons. The molecule has 1 aromatic carbocycles. The molecule has 1 atom stereocenters. The first-order valence-corrected chi connectivity index (χ1v) is 12.6. The van der Waals surface area contributed by atoms with Crippen LogP contribution < -0.4 is 20.1 Å². The van der Waals surface area contributed by atoms with Gasteiger partial charge in [-0.05, 0) is 46.5 Å². The Kier molecular flexibility index (Phi) is 8.69. The van der Waals surface area contributed by atoms with Crippen LogP contribution in [-0.2, 0) is 22.7 Å². The average Bonchev–Trinajstić information content (AvgIpc) is 3.43. The molecule has 2 N–H and O–H groups in total. The molecule has 3 amide bonds. The molecule has 3 heterocycles. The number of rotatable bonds is 6. The lowest BCUT2D eigenvalue weighted by Gasteiger charge is -2.25. The Labute approximate surface area is 225 Å². The molecule has 0 fully saturated rings. The van der Waals surface area contributed by atoms with E-state index in [-0.39, 0.29) is 43.9 Å².